The first-order chi connectivity index (χ1) is 12.8. The predicted octanol–water partition coefficient (Wildman–Crippen LogP) is 3.20. The van der Waals surface area contributed by atoms with Crippen molar-refractivity contribution >= 4 is 5.82 Å². The number of rotatable bonds is 5. The van der Waals surface area contributed by atoms with Crippen LogP contribution in [0.5, 0.6) is 0 Å². The summed E-state index contributed by atoms with van der Waals surface area (Å²) in [5, 5.41) is 12.0. The van der Waals surface area contributed by atoms with E-state index in [1.165, 1.54) is 0 Å². The second kappa shape index (κ2) is 7.66. The van der Waals surface area contributed by atoms with Gasteiger partial charge in [0, 0.05) is 24.7 Å². The van der Waals surface area contributed by atoms with Crippen molar-refractivity contribution in [3.63, 3.8) is 0 Å². The summed E-state index contributed by atoms with van der Waals surface area (Å²) in [6.45, 7) is 4.53. The molecule has 1 saturated heterocycles. The van der Waals surface area contributed by atoms with Crippen LogP contribution in [0.2, 0.25) is 0 Å². The molecule has 1 fully saturated rings. The SMILES string of the molecule is Cc1ccc(N2CCCC(NCc3ncc(-c4ccccc4)o3)C2)nn1. The van der Waals surface area contributed by atoms with E-state index in [1.54, 1.807) is 6.20 Å². The van der Waals surface area contributed by atoms with Crippen molar-refractivity contribution in [2.24, 2.45) is 0 Å². The third-order valence-corrected chi connectivity index (χ3v) is 4.68. The van der Waals surface area contributed by atoms with Crippen molar-refractivity contribution in [3.8, 4) is 11.3 Å². The lowest BCUT2D eigenvalue weighted by Gasteiger charge is -2.33. The monoisotopic (exact) mass is 349 g/mol. The number of oxazole rings is 1. The van der Waals surface area contributed by atoms with Gasteiger partial charge in [-0.3, -0.25) is 0 Å². The topological polar surface area (TPSA) is 67.1 Å². The fraction of sp³-hybridized carbons (Fsp3) is 0.350. The lowest BCUT2D eigenvalue weighted by atomic mass is 10.1. The van der Waals surface area contributed by atoms with Gasteiger partial charge in [0.2, 0.25) is 5.89 Å². The Bertz CT molecular complexity index is 831. The molecule has 134 valence electrons. The minimum Gasteiger partial charge on any atom is -0.439 e. The smallest absolute Gasteiger partial charge is 0.208 e. The van der Waals surface area contributed by atoms with Crippen molar-refractivity contribution in [1.29, 1.82) is 0 Å². The molecule has 1 unspecified atom stereocenters. The summed E-state index contributed by atoms with van der Waals surface area (Å²) in [6.07, 6.45) is 4.07. The van der Waals surface area contributed by atoms with Gasteiger partial charge >= 0.3 is 0 Å². The van der Waals surface area contributed by atoms with Gasteiger partial charge in [-0.05, 0) is 31.9 Å². The molecular formula is C20H23N5O. The average molecular weight is 349 g/mol. The summed E-state index contributed by atoms with van der Waals surface area (Å²) in [5.74, 6) is 2.48. The van der Waals surface area contributed by atoms with Gasteiger partial charge in [-0.25, -0.2) is 4.98 Å². The summed E-state index contributed by atoms with van der Waals surface area (Å²) >= 11 is 0. The number of nitrogens with one attached hydrogen (secondary N) is 1. The number of hydrogen-bond donors (Lipinski definition) is 1. The highest BCUT2D eigenvalue weighted by atomic mass is 16.4. The van der Waals surface area contributed by atoms with Crippen LogP contribution >= 0.6 is 0 Å². The Morgan fingerprint density at radius 1 is 1.15 bits per heavy atom. The van der Waals surface area contributed by atoms with Crippen molar-refractivity contribution < 1.29 is 4.42 Å². The van der Waals surface area contributed by atoms with E-state index in [4.69, 9.17) is 4.42 Å². The molecule has 1 aliphatic heterocycles. The zero-order valence-corrected chi connectivity index (χ0v) is 14.9. The summed E-state index contributed by atoms with van der Waals surface area (Å²) in [4.78, 5) is 6.69. The standard InChI is InChI=1S/C20H23N5O/c1-15-9-10-19(24-23-15)25-11-5-8-17(14-25)21-13-20-22-12-18(26-20)16-6-3-2-4-7-16/h2-4,6-7,9-10,12,17,21H,5,8,11,13-14H2,1H3. The second-order valence-electron chi connectivity index (χ2n) is 6.68. The van der Waals surface area contributed by atoms with Crippen molar-refractivity contribution in [3.05, 3.63) is 60.2 Å². The van der Waals surface area contributed by atoms with E-state index < -0.39 is 0 Å². The fourth-order valence-corrected chi connectivity index (χ4v) is 3.27. The van der Waals surface area contributed by atoms with Crippen LogP contribution in [0.1, 0.15) is 24.4 Å². The Balaban J connectivity index is 1.34. The molecule has 0 radical (unpaired) electrons. The minimum atomic E-state index is 0.388. The number of aromatic nitrogens is 3. The highest BCUT2D eigenvalue weighted by molar-refractivity contribution is 5.55. The first-order valence-electron chi connectivity index (χ1n) is 9.07. The van der Waals surface area contributed by atoms with E-state index in [0.717, 1.165) is 54.7 Å². The average Bonchev–Trinajstić information content (AvgIpc) is 3.17. The summed E-state index contributed by atoms with van der Waals surface area (Å²) in [5.41, 5.74) is 1.99. The molecule has 6 nitrogen and oxygen atoms in total. The molecule has 0 bridgehead atoms. The number of hydrogen-bond acceptors (Lipinski definition) is 6. The maximum Gasteiger partial charge on any atom is 0.208 e. The van der Waals surface area contributed by atoms with Crippen LogP contribution in [0.25, 0.3) is 11.3 Å². The molecule has 1 atom stereocenters. The molecule has 2 aromatic heterocycles. The largest absolute Gasteiger partial charge is 0.439 e. The van der Waals surface area contributed by atoms with Gasteiger partial charge in [0.25, 0.3) is 0 Å². The van der Waals surface area contributed by atoms with Crippen LogP contribution in [0.4, 0.5) is 5.82 Å². The maximum absolute atomic E-state index is 5.88. The highest BCUT2D eigenvalue weighted by Gasteiger charge is 2.21. The third-order valence-electron chi connectivity index (χ3n) is 4.68. The summed E-state index contributed by atoms with van der Waals surface area (Å²) < 4.78 is 5.88. The maximum atomic E-state index is 5.88. The number of benzene rings is 1. The molecule has 0 saturated carbocycles. The Hall–Kier alpha value is -2.73. The van der Waals surface area contributed by atoms with Gasteiger partial charge in [0.1, 0.15) is 0 Å². The quantitative estimate of drug-likeness (QED) is 0.763. The van der Waals surface area contributed by atoms with E-state index in [0.29, 0.717) is 12.6 Å². The first kappa shape index (κ1) is 16.7. The second-order valence-corrected chi connectivity index (χ2v) is 6.68. The predicted molar refractivity (Wildman–Crippen MR) is 101 cm³/mol. The van der Waals surface area contributed by atoms with Gasteiger partial charge in [-0.1, -0.05) is 30.3 Å². The van der Waals surface area contributed by atoms with Crippen LogP contribution in [0.3, 0.4) is 0 Å². The molecular weight excluding hydrogens is 326 g/mol. The van der Waals surface area contributed by atoms with Gasteiger partial charge in [-0.15, -0.1) is 5.10 Å². The number of aryl methyl sites for hydroxylation is 1. The van der Waals surface area contributed by atoms with Crippen molar-refractivity contribution in [2.45, 2.75) is 32.4 Å². The molecule has 0 amide bonds. The van der Waals surface area contributed by atoms with Gasteiger partial charge in [0.05, 0.1) is 18.4 Å². The van der Waals surface area contributed by atoms with E-state index in [9.17, 15) is 0 Å². The zero-order valence-electron chi connectivity index (χ0n) is 14.9. The van der Waals surface area contributed by atoms with Gasteiger partial charge < -0.3 is 14.6 Å². The summed E-state index contributed by atoms with van der Waals surface area (Å²) in [7, 11) is 0. The third kappa shape index (κ3) is 3.91. The Morgan fingerprint density at radius 2 is 2.04 bits per heavy atom. The number of nitrogens with zero attached hydrogens (tertiary/aromatic N) is 4. The molecule has 1 aliphatic rings. The molecule has 4 rings (SSSR count). The zero-order chi connectivity index (χ0) is 17.8. The summed E-state index contributed by atoms with van der Waals surface area (Å²) in [6, 6.07) is 14.5. The molecule has 0 aliphatic carbocycles. The molecule has 1 aromatic carbocycles. The molecule has 1 N–H and O–H groups in total. The number of piperidine rings is 1. The molecule has 26 heavy (non-hydrogen) atoms. The van der Waals surface area contributed by atoms with Crippen LogP contribution in [0, 0.1) is 6.92 Å². The van der Waals surface area contributed by atoms with E-state index in [2.05, 4.69) is 25.4 Å². The van der Waals surface area contributed by atoms with E-state index >= 15 is 0 Å². The Morgan fingerprint density at radius 3 is 2.85 bits per heavy atom. The fourth-order valence-electron chi connectivity index (χ4n) is 3.27. The lowest BCUT2D eigenvalue weighted by Crippen LogP contribution is -2.45. The molecule has 3 aromatic rings. The van der Waals surface area contributed by atoms with Crippen molar-refractivity contribution in [1.82, 2.24) is 20.5 Å². The molecule has 3 heterocycles. The van der Waals surface area contributed by atoms with E-state index in [-0.39, 0.29) is 0 Å². The normalized spacial score (nSPS) is 17.4. The van der Waals surface area contributed by atoms with Crippen LogP contribution in [-0.2, 0) is 6.54 Å². The van der Waals surface area contributed by atoms with Crippen molar-refractivity contribution in [2.75, 3.05) is 18.0 Å². The highest BCUT2D eigenvalue weighted by Crippen LogP contribution is 2.21. The number of anilines is 1. The minimum absolute atomic E-state index is 0.388. The molecule has 0 spiro atoms. The van der Waals surface area contributed by atoms with Gasteiger partial charge in [-0.2, -0.15) is 5.10 Å². The van der Waals surface area contributed by atoms with Crippen LogP contribution in [-0.4, -0.2) is 34.3 Å². The molecule has 6 heteroatoms. The van der Waals surface area contributed by atoms with Crippen LogP contribution in [0.15, 0.2) is 53.1 Å². The Labute approximate surface area is 153 Å². The lowest BCUT2D eigenvalue weighted by molar-refractivity contribution is 0.390. The first-order valence-corrected chi connectivity index (χ1v) is 9.07. The van der Waals surface area contributed by atoms with Crippen LogP contribution < -0.4 is 10.2 Å². The van der Waals surface area contributed by atoms with Gasteiger partial charge in [0.15, 0.2) is 11.6 Å². The Kier molecular flexibility index (Phi) is 4.93. The van der Waals surface area contributed by atoms with E-state index in [1.807, 2.05) is 49.4 Å².